The molecule has 1 N–H and O–H groups in total. The molecule has 142 valence electrons. The highest BCUT2D eigenvalue weighted by molar-refractivity contribution is 5.93. The smallest absolute Gasteiger partial charge is 0.289 e. The van der Waals surface area contributed by atoms with Gasteiger partial charge < -0.3 is 23.8 Å². The van der Waals surface area contributed by atoms with Crippen LogP contribution in [-0.4, -0.2) is 48.1 Å². The predicted octanol–water partition coefficient (Wildman–Crippen LogP) is 2.23. The molecule has 2 bridgehead atoms. The average Bonchev–Trinajstić information content (AvgIpc) is 3.44. The molecule has 27 heavy (non-hydrogen) atoms. The summed E-state index contributed by atoms with van der Waals surface area (Å²) in [7, 11) is 0. The van der Waals surface area contributed by atoms with Crippen molar-refractivity contribution in [3.8, 4) is 0 Å². The van der Waals surface area contributed by atoms with Crippen LogP contribution < -0.4 is 5.32 Å². The minimum Gasteiger partial charge on any atom is -0.459 e. The lowest BCUT2D eigenvalue weighted by Crippen LogP contribution is -2.41. The van der Waals surface area contributed by atoms with E-state index in [0.29, 0.717) is 31.2 Å². The van der Waals surface area contributed by atoms with Crippen LogP contribution in [0.5, 0.6) is 0 Å². The molecule has 0 aliphatic carbocycles. The first kappa shape index (κ1) is 16.6. The summed E-state index contributed by atoms with van der Waals surface area (Å²) in [6.45, 7) is 3.60. The number of nitrogens with one attached hydrogen (secondary N) is 1. The number of ether oxygens (including phenoxy) is 1. The van der Waals surface area contributed by atoms with Gasteiger partial charge in [0.05, 0.1) is 30.8 Å². The summed E-state index contributed by atoms with van der Waals surface area (Å²) in [5.74, 6) is 0.857. The Bertz CT molecular complexity index is 873. The van der Waals surface area contributed by atoms with Crippen LogP contribution in [0.2, 0.25) is 0 Å². The van der Waals surface area contributed by atoms with Crippen molar-refractivity contribution < 1.29 is 23.2 Å². The Kier molecular flexibility index (Phi) is 3.69. The van der Waals surface area contributed by atoms with E-state index in [9.17, 15) is 9.59 Å². The van der Waals surface area contributed by atoms with Gasteiger partial charge in [-0.2, -0.15) is 0 Å². The maximum atomic E-state index is 12.7. The molecule has 0 unspecified atom stereocenters. The van der Waals surface area contributed by atoms with E-state index < -0.39 is 0 Å². The molecule has 7 nitrogen and oxygen atoms in total. The summed E-state index contributed by atoms with van der Waals surface area (Å²) in [5, 5.41) is 3.00. The lowest BCUT2D eigenvalue weighted by Gasteiger charge is -2.29. The third-order valence-electron chi connectivity index (χ3n) is 6.37. The normalized spacial score (nSPS) is 31.3. The quantitative estimate of drug-likeness (QED) is 0.892. The second-order valence-corrected chi connectivity index (χ2v) is 7.84. The highest BCUT2D eigenvalue weighted by Crippen LogP contribution is 2.54. The molecule has 4 atom stereocenters. The number of nitrogens with zero attached hydrogens (tertiary/aromatic N) is 1. The number of hydrogen-bond donors (Lipinski definition) is 1. The Morgan fingerprint density at radius 1 is 1.30 bits per heavy atom. The number of fused-ring (bicyclic) bond motifs is 1. The molecular weight excluding hydrogens is 348 g/mol. The fraction of sp³-hybridized carbons (Fsp3) is 0.500. The molecule has 3 saturated heterocycles. The summed E-state index contributed by atoms with van der Waals surface area (Å²) in [4.78, 5) is 26.9. The maximum absolute atomic E-state index is 12.7. The minimum atomic E-state index is -0.275. The highest BCUT2D eigenvalue weighted by Gasteiger charge is 2.63. The number of aryl methyl sites for hydroxylation is 1. The molecule has 3 aliphatic rings. The number of amides is 2. The van der Waals surface area contributed by atoms with Crippen molar-refractivity contribution in [2.45, 2.75) is 31.5 Å². The molecule has 5 rings (SSSR count). The zero-order valence-corrected chi connectivity index (χ0v) is 15.1. The lowest BCUT2D eigenvalue weighted by molar-refractivity contribution is 0.00285. The van der Waals surface area contributed by atoms with Crippen LogP contribution in [-0.2, 0) is 4.74 Å². The fourth-order valence-electron chi connectivity index (χ4n) is 5.07. The van der Waals surface area contributed by atoms with E-state index in [1.165, 1.54) is 12.5 Å². The fourth-order valence-corrected chi connectivity index (χ4v) is 5.07. The molecular formula is C20H22N2O5. The van der Waals surface area contributed by atoms with Gasteiger partial charge in [0.25, 0.3) is 11.8 Å². The third-order valence-corrected chi connectivity index (χ3v) is 6.37. The number of furan rings is 2. The van der Waals surface area contributed by atoms with Gasteiger partial charge in [-0.15, -0.1) is 0 Å². The summed E-state index contributed by atoms with van der Waals surface area (Å²) >= 11 is 0. The molecule has 5 heterocycles. The van der Waals surface area contributed by atoms with Gasteiger partial charge in [-0.1, -0.05) is 0 Å². The van der Waals surface area contributed by atoms with Gasteiger partial charge in [-0.25, -0.2) is 0 Å². The van der Waals surface area contributed by atoms with E-state index in [1.807, 2.05) is 11.8 Å². The molecule has 3 fully saturated rings. The Hall–Kier alpha value is -2.54. The van der Waals surface area contributed by atoms with Crippen molar-refractivity contribution in [3.05, 3.63) is 47.8 Å². The van der Waals surface area contributed by atoms with Crippen molar-refractivity contribution in [2.75, 3.05) is 19.6 Å². The van der Waals surface area contributed by atoms with Crippen LogP contribution in [0.3, 0.4) is 0 Å². The van der Waals surface area contributed by atoms with E-state index in [4.69, 9.17) is 13.6 Å². The topological polar surface area (TPSA) is 84.9 Å². The number of rotatable bonds is 4. The summed E-state index contributed by atoms with van der Waals surface area (Å²) in [5.41, 5.74) is 0.548. The van der Waals surface area contributed by atoms with E-state index in [-0.39, 0.29) is 35.4 Å². The van der Waals surface area contributed by atoms with Crippen LogP contribution in [0.1, 0.15) is 39.5 Å². The summed E-state index contributed by atoms with van der Waals surface area (Å²) < 4.78 is 16.9. The predicted molar refractivity (Wildman–Crippen MR) is 94.2 cm³/mol. The van der Waals surface area contributed by atoms with Gasteiger partial charge in [0.2, 0.25) is 0 Å². The second kappa shape index (κ2) is 5.99. The highest BCUT2D eigenvalue weighted by atomic mass is 16.5. The molecule has 0 radical (unpaired) electrons. The molecule has 2 aromatic rings. The molecule has 3 aliphatic heterocycles. The largest absolute Gasteiger partial charge is 0.459 e. The Balaban J connectivity index is 1.29. The van der Waals surface area contributed by atoms with Crippen LogP contribution in [0.15, 0.2) is 39.6 Å². The van der Waals surface area contributed by atoms with Gasteiger partial charge in [0, 0.05) is 30.5 Å². The monoisotopic (exact) mass is 370 g/mol. The molecule has 2 aromatic heterocycles. The maximum Gasteiger partial charge on any atom is 0.289 e. The number of hydrogen-bond acceptors (Lipinski definition) is 5. The molecule has 0 aromatic carbocycles. The Labute approximate surface area is 156 Å². The molecule has 0 saturated carbocycles. The zero-order valence-electron chi connectivity index (χ0n) is 15.1. The standard InChI is InChI=1S/C20H22N2O5/c1-12-5-8-26-17(12)18(23)21-9-13-14-10-22(19(24)16-3-2-7-25-16)11-20(14)6-4-15(13)27-20/h2-3,5,7-8,13-15H,4,6,9-11H2,1H3,(H,21,23)/t13-,14+,15+,20+/m0/s1. The SMILES string of the molecule is Cc1ccoc1C(=O)NC[C@H]1[C@H]2CN(C(=O)c3ccco3)C[C@]23CC[C@H]1O3. The molecule has 2 amide bonds. The first-order valence-electron chi connectivity index (χ1n) is 9.40. The van der Waals surface area contributed by atoms with Gasteiger partial charge in [0.1, 0.15) is 0 Å². The van der Waals surface area contributed by atoms with Gasteiger partial charge in [0.15, 0.2) is 11.5 Å². The third kappa shape index (κ3) is 2.52. The van der Waals surface area contributed by atoms with Crippen molar-refractivity contribution in [2.24, 2.45) is 11.8 Å². The second-order valence-electron chi connectivity index (χ2n) is 7.84. The van der Waals surface area contributed by atoms with E-state index in [0.717, 1.165) is 18.4 Å². The molecule has 7 heteroatoms. The summed E-state index contributed by atoms with van der Waals surface area (Å²) in [6, 6.07) is 5.19. The Morgan fingerprint density at radius 2 is 2.19 bits per heavy atom. The van der Waals surface area contributed by atoms with Crippen LogP contribution >= 0.6 is 0 Å². The number of carbonyl (C=O) groups is 2. The minimum absolute atomic E-state index is 0.0928. The Morgan fingerprint density at radius 3 is 2.93 bits per heavy atom. The van der Waals surface area contributed by atoms with Gasteiger partial charge in [-0.3, -0.25) is 9.59 Å². The van der Waals surface area contributed by atoms with Crippen molar-refractivity contribution in [3.63, 3.8) is 0 Å². The van der Waals surface area contributed by atoms with Crippen molar-refractivity contribution in [1.82, 2.24) is 10.2 Å². The van der Waals surface area contributed by atoms with E-state index in [1.54, 1.807) is 18.2 Å². The van der Waals surface area contributed by atoms with Gasteiger partial charge >= 0.3 is 0 Å². The van der Waals surface area contributed by atoms with Crippen LogP contribution in [0, 0.1) is 18.8 Å². The van der Waals surface area contributed by atoms with Crippen molar-refractivity contribution >= 4 is 11.8 Å². The van der Waals surface area contributed by atoms with Crippen molar-refractivity contribution in [1.29, 1.82) is 0 Å². The van der Waals surface area contributed by atoms with E-state index >= 15 is 0 Å². The van der Waals surface area contributed by atoms with Gasteiger partial charge in [-0.05, 0) is 38.0 Å². The average molecular weight is 370 g/mol. The van der Waals surface area contributed by atoms with Crippen LogP contribution in [0.25, 0.3) is 0 Å². The number of carbonyl (C=O) groups excluding carboxylic acids is 2. The molecule has 1 spiro atoms. The zero-order chi connectivity index (χ0) is 18.6. The first-order chi connectivity index (χ1) is 13.1. The van der Waals surface area contributed by atoms with E-state index in [2.05, 4.69) is 5.32 Å². The summed E-state index contributed by atoms with van der Waals surface area (Å²) in [6.07, 6.45) is 5.12. The lowest BCUT2D eigenvalue weighted by atomic mass is 9.73. The number of likely N-dealkylation sites (tertiary alicyclic amines) is 1. The van der Waals surface area contributed by atoms with Crippen LogP contribution in [0.4, 0.5) is 0 Å². The first-order valence-corrected chi connectivity index (χ1v) is 9.40.